The minimum atomic E-state index is -0.0259. The third kappa shape index (κ3) is 4.02. The second-order valence-corrected chi connectivity index (χ2v) is 10.3. The predicted molar refractivity (Wildman–Crippen MR) is 144 cm³/mol. The van der Waals surface area contributed by atoms with Crippen LogP contribution in [0.5, 0.6) is 0 Å². The van der Waals surface area contributed by atoms with Crippen LogP contribution in [0.2, 0.25) is 0 Å². The standard InChI is InChI=1S/C31H27N3O3/c35-30(23-9-10-23)33-15-13-20(18-33)19-34-29(32-27-4-2-1-3-26(27)31(34)36)22-7-5-21(6-8-22)24-11-12-28-25(17-24)14-16-37-28/h1-8,11-12,14,16-17,20,23H,9-10,13,15,18-19H2/t20-/m1/s1. The van der Waals surface area contributed by atoms with Crippen molar-refractivity contribution in [3.8, 4) is 22.5 Å². The Kier molecular flexibility index (Phi) is 5.20. The van der Waals surface area contributed by atoms with Crippen molar-refractivity contribution >= 4 is 27.8 Å². The van der Waals surface area contributed by atoms with Crippen LogP contribution in [-0.2, 0) is 11.3 Å². The molecule has 1 saturated heterocycles. The average Bonchev–Trinajstić information content (AvgIpc) is 3.49. The molecule has 2 aromatic heterocycles. The lowest BCUT2D eigenvalue weighted by molar-refractivity contribution is -0.131. The van der Waals surface area contributed by atoms with E-state index in [1.54, 1.807) is 6.26 Å². The van der Waals surface area contributed by atoms with Crippen molar-refractivity contribution < 1.29 is 9.21 Å². The van der Waals surface area contributed by atoms with Crippen LogP contribution in [0, 0.1) is 11.8 Å². The molecule has 2 aliphatic rings. The van der Waals surface area contributed by atoms with Gasteiger partial charge in [-0.05, 0) is 66.6 Å². The van der Waals surface area contributed by atoms with Crippen LogP contribution in [-0.4, -0.2) is 33.4 Å². The highest BCUT2D eigenvalue weighted by atomic mass is 16.3. The second kappa shape index (κ2) is 8.73. The van der Waals surface area contributed by atoms with Gasteiger partial charge in [-0.1, -0.05) is 42.5 Å². The zero-order valence-corrected chi connectivity index (χ0v) is 20.5. The average molecular weight is 490 g/mol. The molecule has 0 N–H and O–H groups in total. The molecule has 1 saturated carbocycles. The summed E-state index contributed by atoms with van der Waals surface area (Å²) in [5.41, 5.74) is 4.64. The SMILES string of the molecule is O=C(C1CC1)N1CC[C@@H](Cn2c(-c3ccc(-c4ccc5occc5c4)cc3)nc3ccccc3c2=O)C1. The fourth-order valence-electron chi connectivity index (χ4n) is 5.54. The molecule has 6 nitrogen and oxygen atoms in total. The largest absolute Gasteiger partial charge is 0.464 e. The number of rotatable bonds is 5. The summed E-state index contributed by atoms with van der Waals surface area (Å²) in [6, 6.07) is 23.9. The van der Waals surface area contributed by atoms with Crippen molar-refractivity contribution in [2.45, 2.75) is 25.8 Å². The molecular formula is C31H27N3O3. The monoisotopic (exact) mass is 489 g/mol. The maximum absolute atomic E-state index is 13.7. The van der Waals surface area contributed by atoms with Gasteiger partial charge >= 0.3 is 0 Å². The molecule has 1 amide bonds. The molecule has 1 aliphatic heterocycles. The zero-order chi connectivity index (χ0) is 24.9. The molecule has 6 heteroatoms. The summed E-state index contributed by atoms with van der Waals surface area (Å²) in [5.74, 6) is 1.43. The lowest BCUT2D eigenvalue weighted by Gasteiger charge is -2.19. The molecular weight excluding hydrogens is 462 g/mol. The van der Waals surface area contributed by atoms with Crippen LogP contribution in [0.3, 0.4) is 0 Å². The number of hydrogen-bond donors (Lipinski definition) is 0. The third-order valence-corrected chi connectivity index (χ3v) is 7.76. The molecule has 3 heterocycles. The zero-order valence-electron chi connectivity index (χ0n) is 20.5. The van der Waals surface area contributed by atoms with Gasteiger partial charge in [0.05, 0.1) is 17.2 Å². The van der Waals surface area contributed by atoms with Gasteiger partial charge in [0.25, 0.3) is 5.56 Å². The summed E-state index contributed by atoms with van der Waals surface area (Å²) >= 11 is 0. The van der Waals surface area contributed by atoms with E-state index in [9.17, 15) is 9.59 Å². The number of aromatic nitrogens is 2. The summed E-state index contributed by atoms with van der Waals surface area (Å²) in [6.45, 7) is 2.05. The van der Waals surface area contributed by atoms with Gasteiger partial charge in [-0.15, -0.1) is 0 Å². The van der Waals surface area contributed by atoms with Gasteiger partial charge in [0.1, 0.15) is 11.4 Å². The van der Waals surface area contributed by atoms with E-state index in [0.717, 1.165) is 53.5 Å². The fraction of sp³-hybridized carbons (Fsp3) is 0.258. The molecule has 0 bridgehead atoms. The van der Waals surface area contributed by atoms with Crippen LogP contribution in [0.25, 0.3) is 44.4 Å². The number of carbonyl (C=O) groups excluding carboxylic acids is 1. The van der Waals surface area contributed by atoms with E-state index in [2.05, 4.69) is 24.3 Å². The molecule has 37 heavy (non-hydrogen) atoms. The Morgan fingerprint density at radius 1 is 0.919 bits per heavy atom. The molecule has 1 aliphatic carbocycles. The van der Waals surface area contributed by atoms with E-state index >= 15 is 0 Å². The number of carbonyl (C=O) groups is 1. The predicted octanol–water partition coefficient (Wildman–Crippen LogP) is 5.74. The molecule has 0 spiro atoms. The molecule has 0 unspecified atom stereocenters. The van der Waals surface area contributed by atoms with E-state index in [1.165, 1.54) is 0 Å². The van der Waals surface area contributed by atoms with Crippen molar-refractivity contribution in [3.05, 3.63) is 89.4 Å². The quantitative estimate of drug-likeness (QED) is 0.316. The van der Waals surface area contributed by atoms with E-state index in [-0.39, 0.29) is 23.3 Å². The number of hydrogen-bond acceptors (Lipinski definition) is 4. The number of benzene rings is 3. The minimum absolute atomic E-state index is 0.0259. The normalized spacial score (nSPS) is 17.6. The highest BCUT2D eigenvalue weighted by Crippen LogP contribution is 2.33. The van der Waals surface area contributed by atoms with E-state index in [1.807, 2.05) is 58.0 Å². The highest BCUT2D eigenvalue weighted by Gasteiger charge is 2.36. The van der Waals surface area contributed by atoms with Crippen molar-refractivity contribution in [1.82, 2.24) is 14.5 Å². The summed E-state index contributed by atoms with van der Waals surface area (Å²) in [4.78, 5) is 33.2. The molecule has 5 aromatic rings. The van der Waals surface area contributed by atoms with Crippen LogP contribution >= 0.6 is 0 Å². The summed E-state index contributed by atoms with van der Waals surface area (Å²) < 4.78 is 7.30. The number of likely N-dealkylation sites (tertiary alicyclic amines) is 1. The van der Waals surface area contributed by atoms with Crippen LogP contribution in [0.15, 0.2) is 88.3 Å². The molecule has 184 valence electrons. The molecule has 3 aromatic carbocycles. The van der Waals surface area contributed by atoms with Gasteiger partial charge in [-0.2, -0.15) is 0 Å². The Morgan fingerprint density at radius 3 is 2.54 bits per heavy atom. The van der Waals surface area contributed by atoms with Crippen LogP contribution < -0.4 is 5.56 Å². The van der Waals surface area contributed by atoms with Gasteiger partial charge < -0.3 is 9.32 Å². The molecule has 0 radical (unpaired) electrons. The maximum Gasteiger partial charge on any atom is 0.261 e. The summed E-state index contributed by atoms with van der Waals surface area (Å²) in [6.07, 6.45) is 4.65. The first-order chi connectivity index (χ1) is 18.1. The van der Waals surface area contributed by atoms with Gasteiger partial charge in [0.15, 0.2) is 0 Å². The molecule has 7 rings (SSSR count). The van der Waals surface area contributed by atoms with Crippen molar-refractivity contribution in [3.63, 3.8) is 0 Å². The lowest BCUT2D eigenvalue weighted by atomic mass is 10.0. The Labute approximate surface area is 214 Å². The first kappa shape index (κ1) is 22.0. The Bertz CT molecular complexity index is 1700. The van der Waals surface area contributed by atoms with Crippen molar-refractivity contribution in [2.24, 2.45) is 11.8 Å². The first-order valence-corrected chi connectivity index (χ1v) is 13.0. The molecule has 1 atom stereocenters. The number of furan rings is 1. The van der Waals surface area contributed by atoms with Crippen LogP contribution in [0.1, 0.15) is 19.3 Å². The van der Waals surface area contributed by atoms with E-state index in [0.29, 0.717) is 29.8 Å². The Hall–Kier alpha value is -4.19. The Balaban J connectivity index is 1.24. The number of fused-ring (bicyclic) bond motifs is 2. The molecule has 2 fully saturated rings. The maximum atomic E-state index is 13.7. The van der Waals surface area contributed by atoms with Gasteiger partial charge in [-0.25, -0.2) is 4.98 Å². The fourth-order valence-corrected chi connectivity index (χ4v) is 5.54. The number of nitrogens with zero attached hydrogens (tertiary/aromatic N) is 3. The van der Waals surface area contributed by atoms with Gasteiger partial charge in [0.2, 0.25) is 5.91 Å². The van der Waals surface area contributed by atoms with Gasteiger partial charge in [0, 0.05) is 36.5 Å². The van der Waals surface area contributed by atoms with E-state index in [4.69, 9.17) is 9.40 Å². The smallest absolute Gasteiger partial charge is 0.261 e. The lowest BCUT2D eigenvalue weighted by Crippen LogP contribution is -2.32. The van der Waals surface area contributed by atoms with Crippen molar-refractivity contribution in [2.75, 3.05) is 13.1 Å². The van der Waals surface area contributed by atoms with E-state index < -0.39 is 0 Å². The summed E-state index contributed by atoms with van der Waals surface area (Å²) in [5, 5.41) is 1.69. The van der Waals surface area contributed by atoms with Gasteiger partial charge in [-0.3, -0.25) is 14.2 Å². The topological polar surface area (TPSA) is 68.3 Å². The second-order valence-electron chi connectivity index (χ2n) is 10.3. The van der Waals surface area contributed by atoms with Crippen molar-refractivity contribution in [1.29, 1.82) is 0 Å². The summed E-state index contributed by atoms with van der Waals surface area (Å²) in [7, 11) is 0. The Morgan fingerprint density at radius 2 is 1.70 bits per heavy atom. The first-order valence-electron chi connectivity index (χ1n) is 13.0. The minimum Gasteiger partial charge on any atom is -0.464 e. The highest BCUT2D eigenvalue weighted by molar-refractivity contribution is 5.84. The number of para-hydroxylation sites is 1. The third-order valence-electron chi connectivity index (χ3n) is 7.76. The van der Waals surface area contributed by atoms with Crippen LogP contribution in [0.4, 0.5) is 0 Å². The number of amides is 1.